The Labute approximate surface area is 170 Å². The standard InChI is InChI=1S/C20H15ClIN3O/c1-13-18(21)25-16(17(22)14-8-4-2-5-9-14)12-23-19(25)20(26)24(13)15-10-6-3-7-11-15/h2-11H,12H2,1H3/b17-16+. The van der Waals surface area contributed by atoms with E-state index in [1.807, 2.05) is 67.6 Å². The molecular weight excluding hydrogens is 461 g/mol. The molecule has 0 unspecified atom stereocenters. The van der Waals surface area contributed by atoms with Crippen molar-refractivity contribution in [3.63, 3.8) is 0 Å². The fourth-order valence-corrected chi connectivity index (χ4v) is 4.14. The van der Waals surface area contributed by atoms with Gasteiger partial charge in [-0.25, -0.2) is 0 Å². The molecule has 4 rings (SSSR count). The lowest BCUT2D eigenvalue weighted by atomic mass is 10.1. The zero-order valence-corrected chi connectivity index (χ0v) is 16.9. The number of nitrogens with zero attached hydrogens (tertiary/aromatic N) is 3. The molecule has 0 fully saturated rings. The van der Waals surface area contributed by atoms with Crippen LogP contribution < -0.4 is 4.90 Å². The predicted octanol–water partition coefficient (Wildman–Crippen LogP) is 4.98. The van der Waals surface area contributed by atoms with Crippen LogP contribution in [0.15, 0.2) is 82.2 Å². The van der Waals surface area contributed by atoms with Crippen LogP contribution in [-0.2, 0) is 4.79 Å². The minimum absolute atomic E-state index is 0.162. The number of rotatable bonds is 2. The number of amidine groups is 1. The largest absolute Gasteiger partial charge is 0.298 e. The van der Waals surface area contributed by atoms with Gasteiger partial charge < -0.3 is 0 Å². The van der Waals surface area contributed by atoms with Gasteiger partial charge in [-0.05, 0) is 47.2 Å². The molecule has 2 heterocycles. The fourth-order valence-electron chi connectivity index (χ4n) is 3.11. The Morgan fingerprint density at radius 1 is 1.04 bits per heavy atom. The molecule has 0 aromatic heterocycles. The molecule has 0 spiro atoms. The Hall–Kier alpha value is -2.12. The molecule has 0 radical (unpaired) electrons. The van der Waals surface area contributed by atoms with E-state index in [0.717, 1.165) is 20.5 Å². The van der Waals surface area contributed by atoms with Gasteiger partial charge in [0.15, 0.2) is 0 Å². The third-order valence-electron chi connectivity index (χ3n) is 4.38. The van der Waals surface area contributed by atoms with Gasteiger partial charge in [0, 0.05) is 9.27 Å². The number of carbonyl (C=O) groups excluding carboxylic acids is 1. The summed E-state index contributed by atoms with van der Waals surface area (Å²) in [5, 5.41) is 0.504. The van der Waals surface area contributed by atoms with E-state index in [2.05, 4.69) is 27.6 Å². The van der Waals surface area contributed by atoms with E-state index in [1.165, 1.54) is 0 Å². The van der Waals surface area contributed by atoms with Crippen LogP contribution in [0.5, 0.6) is 0 Å². The first-order chi connectivity index (χ1) is 12.6. The van der Waals surface area contributed by atoms with Crippen LogP contribution in [0.25, 0.3) is 3.58 Å². The van der Waals surface area contributed by atoms with Crippen LogP contribution in [0, 0.1) is 0 Å². The van der Waals surface area contributed by atoms with Gasteiger partial charge in [0.1, 0.15) is 5.16 Å². The van der Waals surface area contributed by atoms with E-state index in [9.17, 15) is 4.79 Å². The van der Waals surface area contributed by atoms with Crippen molar-refractivity contribution < 1.29 is 4.79 Å². The number of allylic oxidation sites excluding steroid dienone is 1. The predicted molar refractivity (Wildman–Crippen MR) is 114 cm³/mol. The van der Waals surface area contributed by atoms with Crippen LogP contribution >= 0.6 is 34.2 Å². The first kappa shape index (κ1) is 17.3. The summed E-state index contributed by atoms with van der Waals surface area (Å²) in [4.78, 5) is 21.0. The monoisotopic (exact) mass is 475 g/mol. The molecule has 26 heavy (non-hydrogen) atoms. The number of hydrogen-bond donors (Lipinski definition) is 0. The summed E-state index contributed by atoms with van der Waals surface area (Å²) in [6.07, 6.45) is 0. The number of benzene rings is 2. The lowest BCUT2D eigenvalue weighted by Gasteiger charge is -2.34. The van der Waals surface area contributed by atoms with Gasteiger partial charge in [0.05, 0.1) is 17.9 Å². The van der Waals surface area contributed by atoms with E-state index in [4.69, 9.17) is 11.6 Å². The molecule has 0 atom stereocenters. The quantitative estimate of drug-likeness (QED) is 0.454. The van der Waals surface area contributed by atoms with Gasteiger partial charge in [0.25, 0.3) is 5.91 Å². The summed E-state index contributed by atoms with van der Waals surface area (Å²) in [5.74, 6) is 0.204. The number of para-hydroxylation sites is 1. The molecule has 0 bridgehead atoms. The van der Waals surface area contributed by atoms with Crippen molar-refractivity contribution in [2.45, 2.75) is 6.92 Å². The maximum Gasteiger partial charge on any atom is 0.298 e. The molecule has 0 saturated carbocycles. The van der Waals surface area contributed by atoms with Gasteiger partial charge in [-0.2, -0.15) is 0 Å². The van der Waals surface area contributed by atoms with E-state index >= 15 is 0 Å². The normalized spacial score (nSPS) is 18.9. The van der Waals surface area contributed by atoms with Gasteiger partial charge in [-0.1, -0.05) is 60.1 Å². The zero-order chi connectivity index (χ0) is 18.3. The van der Waals surface area contributed by atoms with Gasteiger partial charge >= 0.3 is 0 Å². The first-order valence-electron chi connectivity index (χ1n) is 8.14. The molecule has 1 amide bonds. The topological polar surface area (TPSA) is 35.9 Å². The molecule has 2 aromatic carbocycles. The number of aliphatic imine (C=N–C) groups is 1. The van der Waals surface area contributed by atoms with Crippen LogP contribution in [0.2, 0.25) is 0 Å². The first-order valence-corrected chi connectivity index (χ1v) is 9.60. The molecule has 0 aliphatic carbocycles. The van der Waals surface area contributed by atoms with Crippen LogP contribution in [0.1, 0.15) is 12.5 Å². The second-order valence-electron chi connectivity index (χ2n) is 5.95. The van der Waals surface area contributed by atoms with Gasteiger partial charge in [-0.3, -0.25) is 19.6 Å². The number of amides is 1. The molecule has 2 aliphatic heterocycles. The second kappa shape index (κ2) is 6.89. The highest BCUT2D eigenvalue weighted by Gasteiger charge is 2.41. The Morgan fingerprint density at radius 3 is 2.31 bits per heavy atom. The Balaban J connectivity index is 1.82. The maximum atomic E-state index is 13.1. The van der Waals surface area contributed by atoms with Crippen molar-refractivity contribution in [2.24, 2.45) is 4.99 Å². The van der Waals surface area contributed by atoms with Gasteiger partial charge in [0.2, 0.25) is 5.84 Å². The number of halogens is 2. The number of hydrogen-bond acceptors (Lipinski definition) is 3. The minimum atomic E-state index is -0.162. The van der Waals surface area contributed by atoms with Crippen molar-refractivity contribution in [1.82, 2.24) is 4.90 Å². The van der Waals surface area contributed by atoms with E-state index in [0.29, 0.717) is 23.2 Å². The summed E-state index contributed by atoms with van der Waals surface area (Å²) in [6.45, 7) is 2.29. The fraction of sp³-hybridized carbons (Fsp3) is 0.100. The van der Waals surface area contributed by atoms with E-state index in [-0.39, 0.29) is 5.91 Å². The average molecular weight is 476 g/mol. The number of carbonyl (C=O) groups is 1. The molecular formula is C20H15ClIN3O. The number of fused-ring (bicyclic) bond motifs is 1. The van der Waals surface area contributed by atoms with Crippen molar-refractivity contribution in [3.8, 4) is 0 Å². The molecule has 4 nitrogen and oxygen atoms in total. The van der Waals surface area contributed by atoms with Crippen molar-refractivity contribution in [1.29, 1.82) is 0 Å². The number of anilines is 1. The van der Waals surface area contributed by atoms with Crippen molar-refractivity contribution >= 4 is 55.2 Å². The lowest BCUT2D eigenvalue weighted by Crippen LogP contribution is -2.47. The summed E-state index contributed by atoms with van der Waals surface area (Å²) in [5.41, 5.74) is 3.49. The average Bonchev–Trinajstić information content (AvgIpc) is 3.13. The molecule has 2 aliphatic rings. The lowest BCUT2D eigenvalue weighted by molar-refractivity contribution is -0.112. The maximum absolute atomic E-state index is 13.1. The Bertz CT molecular complexity index is 967. The van der Waals surface area contributed by atoms with Crippen molar-refractivity contribution in [2.75, 3.05) is 11.4 Å². The molecule has 0 N–H and O–H groups in total. The SMILES string of the molecule is CC1=C(Cl)N2C(=NC/C2=C(\I)c2ccccc2)C(=O)N1c1ccccc1. The van der Waals surface area contributed by atoms with Crippen molar-refractivity contribution in [3.05, 3.63) is 82.8 Å². The third-order valence-corrected chi connectivity index (χ3v) is 6.07. The summed E-state index contributed by atoms with van der Waals surface area (Å²) in [7, 11) is 0. The minimum Gasteiger partial charge on any atom is -0.280 e. The third kappa shape index (κ3) is 2.75. The second-order valence-corrected chi connectivity index (χ2v) is 7.39. The van der Waals surface area contributed by atoms with E-state index in [1.54, 1.807) is 9.80 Å². The molecule has 130 valence electrons. The highest BCUT2D eigenvalue weighted by atomic mass is 127. The highest BCUT2D eigenvalue weighted by Crippen LogP contribution is 2.39. The van der Waals surface area contributed by atoms with Gasteiger partial charge in [-0.15, -0.1) is 0 Å². The van der Waals surface area contributed by atoms with E-state index < -0.39 is 0 Å². The smallest absolute Gasteiger partial charge is 0.280 e. The molecule has 2 aromatic rings. The van der Waals surface area contributed by atoms with Crippen LogP contribution in [-0.4, -0.2) is 23.2 Å². The summed E-state index contributed by atoms with van der Waals surface area (Å²) < 4.78 is 1.04. The molecule has 0 saturated heterocycles. The Kier molecular flexibility index (Phi) is 4.58. The highest BCUT2D eigenvalue weighted by molar-refractivity contribution is 14.1. The zero-order valence-electron chi connectivity index (χ0n) is 14.0. The summed E-state index contributed by atoms with van der Waals surface area (Å²) in [6, 6.07) is 19.5. The molecule has 6 heteroatoms. The summed E-state index contributed by atoms with van der Waals surface area (Å²) >= 11 is 9.00. The van der Waals surface area contributed by atoms with Crippen LogP contribution in [0.3, 0.4) is 0 Å². The Morgan fingerprint density at radius 2 is 1.65 bits per heavy atom. The van der Waals surface area contributed by atoms with Crippen LogP contribution in [0.4, 0.5) is 5.69 Å².